The first kappa shape index (κ1) is 31.4. The van der Waals surface area contributed by atoms with Crippen LogP contribution in [0.4, 0.5) is 39.5 Å². The number of carbonyl (C=O) groups is 2. The van der Waals surface area contributed by atoms with Gasteiger partial charge in [-0.15, -0.1) is 0 Å². The number of halogens is 9. The predicted molar refractivity (Wildman–Crippen MR) is 115 cm³/mol. The quantitative estimate of drug-likeness (QED) is 0.119. The Labute approximate surface area is 214 Å². The van der Waals surface area contributed by atoms with Crippen LogP contribution in [0.5, 0.6) is 5.75 Å². The van der Waals surface area contributed by atoms with Gasteiger partial charge in [-0.1, -0.05) is 24.3 Å². The van der Waals surface area contributed by atoms with Crippen molar-refractivity contribution >= 4 is 11.7 Å². The van der Waals surface area contributed by atoms with Gasteiger partial charge in [0.15, 0.2) is 11.3 Å². The first-order valence-electron chi connectivity index (χ1n) is 10.8. The van der Waals surface area contributed by atoms with E-state index >= 15 is 0 Å². The Hall–Kier alpha value is -3.85. The van der Waals surface area contributed by atoms with Crippen molar-refractivity contribution in [3.05, 3.63) is 75.3 Å². The van der Waals surface area contributed by atoms with Crippen molar-refractivity contribution in [2.24, 2.45) is 0 Å². The van der Waals surface area contributed by atoms with Crippen molar-refractivity contribution < 1.29 is 58.8 Å². The van der Waals surface area contributed by atoms with Crippen LogP contribution in [0.2, 0.25) is 0 Å². The summed E-state index contributed by atoms with van der Waals surface area (Å²) in [7, 11) is 0. The molecule has 2 aromatic carbocycles. The Morgan fingerprint density at radius 2 is 1.38 bits per heavy atom. The molecule has 0 bridgehead atoms. The van der Waals surface area contributed by atoms with Gasteiger partial charge in [-0.25, -0.2) is 0 Å². The molecule has 1 N–H and O–H groups in total. The summed E-state index contributed by atoms with van der Waals surface area (Å²) in [6.07, 6.45) is -17.9. The topological polar surface area (TPSA) is 98.5 Å². The molecule has 0 aromatic heterocycles. The number of nitrogens with one attached hydrogen (secondary N) is 1. The van der Waals surface area contributed by atoms with Crippen molar-refractivity contribution in [3.63, 3.8) is 0 Å². The normalized spacial score (nSPS) is 13.9. The van der Waals surface area contributed by atoms with Gasteiger partial charge in [-0.2, -0.15) is 39.5 Å². The molecule has 39 heavy (non-hydrogen) atoms. The monoisotopic (exact) mass is 574 g/mol. The lowest BCUT2D eigenvalue weighted by molar-refractivity contribution is -0.468. The number of benzene rings is 2. The highest BCUT2D eigenvalue weighted by molar-refractivity contribution is 5.97. The van der Waals surface area contributed by atoms with E-state index in [1.807, 2.05) is 0 Å². The number of Topliss-reactive ketones (excluding diaryl/α,β-unsaturated/α-hetero) is 1. The standard InChI is InChI=1S/C23H19F9N2O5/c24-21(25,26)10-1-11-39-17-8-6-15(7-9-17)20(23(30,31)32,33-19(36)13-34(37)38)12-18(35)14-2-4-16(5-3-14)22(27,28)29/h2-9H,1,10-13H2,(H,33,36). The van der Waals surface area contributed by atoms with Crippen LogP contribution in [0.15, 0.2) is 48.5 Å². The van der Waals surface area contributed by atoms with Crippen LogP contribution in [0.3, 0.4) is 0 Å². The molecule has 0 saturated heterocycles. The van der Waals surface area contributed by atoms with E-state index < -0.39 is 89.8 Å². The highest BCUT2D eigenvalue weighted by atomic mass is 19.4. The molecule has 0 spiro atoms. The molecule has 0 aliphatic heterocycles. The third-order valence-corrected chi connectivity index (χ3v) is 5.29. The summed E-state index contributed by atoms with van der Waals surface area (Å²) in [5.41, 5.74) is -6.10. The second kappa shape index (κ2) is 11.9. The van der Waals surface area contributed by atoms with Crippen molar-refractivity contribution in [2.45, 2.75) is 43.3 Å². The Morgan fingerprint density at radius 1 is 0.846 bits per heavy atom. The smallest absolute Gasteiger partial charge is 0.416 e. The van der Waals surface area contributed by atoms with Crippen molar-refractivity contribution in [2.75, 3.05) is 13.2 Å². The van der Waals surface area contributed by atoms with E-state index in [1.165, 1.54) is 5.32 Å². The largest absolute Gasteiger partial charge is 0.494 e. The molecule has 2 rings (SSSR count). The zero-order valence-electron chi connectivity index (χ0n) is 19.5. The van der Waals surface area contributed by atoms with Crippen molar-refractivity contribution in [3.8, 4) is 5.75 Å². The zero-order chi connectivity index (χ0) is 29.6. The maximum Gasteiger partial charge on any atom is 0.416 e. The highest BCUT2D eigenvalue weighted by Crippen LogP contribution is 2.43. The number of ketones is 1. The molecular weight excluding hydrogens is 555 g/mol. The number of alkyl halides is 9. The average Bonchev–Trinajstić information content (AvgIpc) is 2.79. The lowest BCUT2D eigenvalue weighted by atomic mass is 9.82. The van der Waals surface area contributed by atoms with E-state index in [2.05, 4.69) is 0 Å². The molecule has 16 heteroatoms. The molecule has 1 atom stereocenters. The van der Waals surface area contributed by atoms with E-state index in [4.69, 9.17) is 4.74 Å². The summed E-state index contributed by atoms with van der Waals surface area (Å²) in [6, 6.07) is 5.57. The van der Waals surface area contributed by atoms with E-state index in [0.717, 1.165) is 24.3 Å². The molecule has 0 aliphatic rings. The van der Waals surface area contributed by atoms with Crippen LogP contribution in [0.1, 0.15) is 40.7 Å². The molecule has 0 heterocycles. The Kier molecular flexibility index (Phi) is 9.57. The number of nitrogens with zero attached hydrogens (tertiary/aromatic N) is 1. The van der Waals surface area contributed by atoms with Gasteiger partial charge < -0.3 is 10.1 Å². The fraction of sp³-hybridized carbons (Fsp3) is 0.391. The Bertz CT molecular complexity index is 1160. The molecular formula is C23H19F9N2O5. The molecule has 2 aromatic rings. The molecule has 1 unspecified atom stereocenters. The number of ether oxygens (including phenoxy) is 1. The second-order valence-electron chi connectivity index (χ2n) is 8.21. The molecule has 7 nitrogen and oxygen atoms in total. The summed E-state index contributed by atoms with van der Waals surface area (Å²) >= 11 is 0. The minimum Gasteiger partial charge on any atom is -0.494 e. The fourth-order valence-electron chi connectivity index (χ4n) is 3.43. The van der Waals surface area contributed by atoms with Crippen LogP contribution in [0, 0.1) is 10.1 Å². The van der Waals surface area contributed by atoms with Gasteiger partial charge in [-0.05, 0) is 36.2 Å². The van der Waals surface area contributed by atoms with E-state index in [0.29, 0.717) is 24.3 Å². The van der Waals surface area contributed by atoms with Gasteiger partial charge in [-0.3, -0.25) is 19.7 Å². The predicted octanol–water partition coefficient (Wildman–Crippen LogP) is 5.85. The van der Waals surface area contributed by atoms with Crippen LogP contribution < -0.4 is 10.1 Å². The number of nitro groups is 1. The first-order chi connectivity index (χ1) is 17.8. The summed E-state index contributed by atoms with van der Waals surface area (Å²) in [4.78, 5) is 34.3. The fourth-order valence-corrected chi connectivity index (χ4v) is 3.43. The van der Waals surface area contributed by atoms with Crippen molar-refractivity contribution in [1.82, 2.24) is 5.32 Å². The molecule has 0 saturated carbocycles. The zero-order valence-corrected chi connectivity index (χ0v) is 19.5. The van der Waals surface area contributed by atoms with Gasteiger partial charge in [0.05, 0.1) is 12.2 Å². The van der Waals surface area contributed by atoms with Gasteiger partial charge in [0.1, 0.15) is 5.75 Å². The van der Waals surface area contributed by atoms with E-state index in [1.54, 1.807) is 0 Å². The summed E-state index contributed by atoms with van der Waals surface area (Å²) in [5, 5.41) is 12.2. The Morgan fingerprint density at radius 3 is 1.85 bits per heavy atom. The number of amides is 1. The number of rotatable bonds is 11. The lowest BCUT2D eigenvalue weighted by Gasteiger charge is -2.36. The number of hydrogen-bond acceptors (Lipinski definition) is 5. The number of carbonyl (C=O) groups excluding carboxylic acids is 2. The van der Waals surface area contributed by atoms with Crippen LogP contribution >= 0.6 is 0 Å². The van der Waals surface area contributed by atoms with Crippen LogP contribution in [0.25, 0.3) is 0 Å². The maximum absolute atomic E-state index is 14.5. The van der Waals surface area contributed by atoms with Gasteiger partial charge >= 0.3 is 18.5 Å². The summed E-state index contributed by atoms with van der Waals surface area (Å²) in [6.45, 7) is -2.03. The average molecular weight is 574 g/mol. The first-order valence-corrected chi connectivity index (χ1v) is 10.8. The highest BCUT2D eigenvalue weighted by Gasteiger charge is 2.58. The molecule has 214 valence electrons. The maximum atomic E-state index is 14.5. The van der Waals surface area contributed by atoms with Crippen LogP contribution in [-0.2, 0) is 16.5 Å². The molecule has 1 amide bonds. The van der Waals surface area contributed by atoms with Crippen molar-refractivity contribution in [1.29, 1.82) is 0 Å². The summed E-state index contributed by atoms with van der Waals surface area (Å²) in [5.74, 6) is -3.22. The van der Waals surface area contributed by atoms with Crippen LogP contribution in [-0.4, -0.2) is 42.1 Å². The minimum absolute atomic E-state index is 0.150. The van der Waals surface area contributed by atoms with E-state index in [-0.39, 0.29) is 5.75 Å². The third kappa shape index (κ3) is 8.85. The molecule has 0 radical (unpaired) electrons. The third-order valence-electron chi connectivity index (χ3n) is 5.29. The molecule has 0 aliphatic carbocycles. The summed E-state index contributed by atoms with van der Waals surface area (Å²) < 4.78 is 124. The van der Waals surface area contributed by atoms with Gasteiger partial charge in [0.2, 0.25) is 0 Å². The molecule has 0 fully saturated rings. The number of hydrogen-bond donors (Lipinski definition) is 1. The SMILES string of the molecule is O=C(C[N+](=O)[O-])NC(CC(=O)c1ccc(C(F)(F)F)cc1)(c1ccc(OCCCC(F)(F)F)cc1)C(F)(F)F. The minimum atomic E-state index is -5.46. The Balaban J connectivity index is 2.43. The second-order valence-corrected chi connectivity index (χ2v) is 8.21. The van der Waals surface area contributed by atoms with Gasteiger partial charge in [0.25, 0.3) is 12.5 Å². The lowest BCUT2D eigenvalue weighted by Crippen LogP contribution is -2.58. The van der Waals surface area contributed by atoms with Gasteiger partial charge in [0, 0.05) is 23.3 Å². The van der Waals surface area contributed by atoms with E-state index in [9.17, 15) is 59.2 Å².